The van der Waals surface area contributed by atoms with Crippen LogP contribution in [0.1, 0.15) is 24.0 Å². The Morgan fingerprint density at radius 3 is 2.17 bits per heavy atom. The van der Waals surface area contributed by atoms with Crippen molar-refractivity contribution < 1.29 is 21.6 Å². The van der Waals surface area contributed by atoms with Crippen molar-refractivity contribution >= 4 is 20.0 Å². The van der Waals surface area contributed by atoms with Crippen molar-refractivity contribution in [3.05, 3.63) is 59.7 Å². The van der Waals surface area contributed by atoms with Crippen molar-refractivity contribution in [3.63, 3.8) is 0 Å². The van der Waals surface area contributed by atoms with Crippen LogP contribution in [0.3, 0.4) is 0 Å². The van der Waals surface area contributed by atoms with Gasteiger partial charge in [0.15, 0.2) is 0 Å². The fourth-order valence-corrected chi connectivity index (χ4v) is 5.75. The molecule has 29 heavy (non-hydrogen) atoms. The average Bonchev–Trinajstić information content (AvgIpc) is 3.23. The molecule has 2 aromatic carbocycles. The Hall–Kier alpha value is -1.94. The lowest BCUT2D eigenvalue weighted by molar-refractivity contribution is 0.322. The maximum absolute atomic E-state index is 12.5. The first kappa shape index (κ1) is 21.8. The summed E-state index contributed by atoms with van der Waals surface area (Å²) in [5, 5.41) is 0. The van der Waals surface area contributed by atoms with E-state index < -0.39 is 20.0 Å². The zero-order valence-electron chi connectivity index (χ0n) is 16.4. The van der Waals surface area contributed by atoms with Gasteiger partial charge in [-0.15, -0.1) is 0 Å². The van der Waals surface area contributed by atoms with Crippen molar-refractivity contribution in [2.45, 2.75) is 30.4 Å². The highest BCUT2D eigenvalue weighted by Crippen LogP contribution is 2.22. The molecule has 0 aliphatic carbocycles. The van der Waals surface area contributed by atoms with Crippen molar-refractivity contribution in [3.8, 4) is 5.75 Å². The number of hydrogen-bond acceptors (Lipinski definition) is 5. The minimum Gasteiger partial charge on any atom is -0.492 e. The zero-order chi connectivity index (χ0) is 20.9. The van der Waals surface area contributed by atoms with Crippen molar-refractivity contribution in [2.75, 3.05) is 26.2 Å². The maximum Gasteiger partial charge on any atom is 0.243 e. The molecule has 0 aromatic heterocycles. The second-order valence-electron chi connectivity index (χ2n) is 7.07. The molecule has 9 heteroatoms. The van der Waals surface area contributed by atoms with E-state index in [9.17, 15) is 16.8 Å². The summed E-state index contributed by atoms with van der Waals surface area (Å²) in [6, 6.07) is 13.6. The fraction of sp³-hybridized carbons (Fsp3) is 0.400. The third-order valence-corrected chi connectivity index (χ3v) is 7.97. The topological polar surface area (TPSA) is 92.8 Å². The number of aryl methyl sites for hydroxylation is 1. The predicted octanol–water partition coefficient (Wildman–Crippen LogP) is 2.28. The van der Waals surface area contributed by atoms with Gasteiger partial charge >= 0.3 is 0 Å². The molecule has 7 nitrogen and oxygen atoms in total. The molecule has 1 saturated heterocycles. The van der Waals surface area contributed by atoms with E-state index in [2.05, 4.69) is 4.72 Å². The lowest BCUT2D eigenvalue weighted by atomic mass is 10.2. The lowest BCUT2D eigenvalue weighted by Gasteiger charge is -2.15. The van der Waals surface area contributed by atoms with Gasteiger partial charge in [0, 0.05) is 19.6 Å². The summed E-state index contributed by atoms with van der Waals surface area (Å²) in [4.78, 5) is 0.241. The SMILES string of the molecule is Cc1ccc(CS(=O)(=O)NCCOc2ccc(S(=O)(=O)N3CCCC3)cc2)cc1. The van der Waals surface area contributed by atoms with Crippen LogP contribution in [0.5, 0.6) is 5.75 Å². The van der Waals surface area contributed by atoms with E-state index in [-0.39, 0.29) is 23.8 Å². The zero-order valence-corrected chi connectivity index (χ0v) is 18.0. The van der Waals surface area contributed by atoms with Gasteiger partial charge in [0.2, 0.25) is 20.0 Å². The molecule has 1 fully saturated rings. The van der Waals surface area contributed by atoms with Crippen LogP contribution in [0.2, 0.25) is 0 Å². The Kier molecular flexibility index (Phi) is 6.94. The third-order valence-electron chi connectivity index (χ3n) is 4.70. The summed E-state index contributed by atoms with van der Waals surface area (Å²) in [5.74, 6) is 0.402. The number of rotatable bonds is 9. The lowest BCUT2D eigenvalue weighted by Crippen LogP contribution is -2.29. The van der Waals surface area contributed by atoms with Crippen molar-refractivity contribution in [2.24, 2.45) is 0 Å². The number of ether oxygens (including phenoxy) is 1. The molecule has 1 heterocycles. The van der Waals surface area contributed by atoms with Gasteiger partial charge in [-0.3, -0.25) is 0 Å². The van der Waals surface area contributed by atoms with E-state index in [1.165, 1.54) is 16.4 Å². The van der Waals surface area contributed by atoms with E-state index >= 15 is 0 Å². The molecule has 0 bridgehead atoms. The standard InChI is InChI=1S/C20H26N2O5S2/c1-17-4-6-18(7-5-17)16-28(23,24)21-12-15-27-19-8-10-20(11-9-19)29(25,26)22-13-2-3-14-22/h4-11,21H,2-3,12-16H2,1H3. The highest BCUT2D eigenvalue weighted by atomic mass is 32.2. The summed E-state index contributed by atoms with van der Waals surface area (Å²) in [7, 11) is -6.90. The number of hydrogen-bond donors (Lipinski definition) is 1. The van der Waals surface area contributed by atoms with Crippen LogP contribution in [-0.4, -0.2) is 47.4 Å². The van der Waals surface area contributed by atoms with Crippen molar-refractivity contribution in [1.29, 1.82) is 0 Å². The van der Waals surface area contributed by atoms with Gasteiger partial charge in [0.05, 0.1) is 10.6 Å². The van der Waals surface area contributed by atoms with Gasteiger partial charge in [-0.25, -0.2) is 21.6 Å². The van der Waals surface area contributed by atoms with Crippen LogP contribution in [0, 0.1) is 6.92 Å². The molecule has 1 aliphatic heterocycles. The second-order valence-corrected chi connectivity index (χ2v) is 10.8. The van der Waals surface area contributed by atoms with E-state index in [0.29, 0.717) is 18.8 Å². The molecule has 158 valence electrons. The molecule has 0 atom stereocenters. The average molecular weight is 439 g/mol. The fourth-order valence-electron chi connectivity index (χ4n) is 3.11. The molecule has 0 amide bonds. The third kappa shape index (κ3) is 6.02. The quantitative estimate of drug-likeness (QED) is 0.607. The highest BCUT2D eigenvalue weighted by Gasteiger charge is 2.26. The largest absolute Gasteiger partial charge is 0.492 e. The van der Waals surface area contributed by atoms with Crippen LogP contribution < -0.4 is 9.46 Å². The summed E-state index contributed by atoms with van der Waals surface area (Å²) < 4.78 is 58.8. The van der Waals surface area contributed by atoms with Crippen LogP contribution >= 0.6 is 0 Å². The molecule has 3 rings (SSSR count). The van der Waals surface area contributed by atoms with Gasteiger partial charge < -0.3 is 4.74 Å². The molecule has 2 aromatic rings. The predicted molar refractivity (Wildman–Crippen MR) is 112 cm³/mol. The Labute approximate surface area is 172 Å². The minimum atomic E-state index is -3.45. The number of nitrogens with one attached hydrogen (secondary N) is 1. The molecular formula is C20H26N2O5S2. The summed E-state index contributed by atoms with van der Waals surface area (Å²) in [6.07, 6.45) is 1.78. The first-order valence-electron chi connectivity index (χ1n) is 9.52. The van der Waals surface area contributed by atoms with Gasteiger partial charge in [-0.1, -0.05) is 29.8 Å². The molecular weight excluding hydrogens is 412 g/mol. The summed E-state index contributed by atoms with van der Waals surface area (Å²) in [6.45, 7) is 3.34. The van der Waals surface area contributed by atoms with Gasteiger partial charge in [-0.05, 0) is 49.6 Å². The Morgan fingerprint density at radius 2 is 1.55 bits per heavy atom. The number of nitrogens with zero attached hydrogens (tertiary/aromatic N) is 1. The summed E-state index contributed by atoms with van der Waals surface area (Å²) >= 11 is 0. The van der Waals surface area contributed by atoms with Crippen LogP contribution in [0.15, 0.2) is 53.4 Å². The van der Waals surface area contributed by atoms with E-state index in [0.717, 1.165) is 24.0 Å². The van der Waals surface area contributed by atoms with Gasteiger partial charge in [0.1, 0.15) is 12.4 Å². The van der Waals surface area contributed by atoms with E-state index in [4.69, 9.17) is 4.74 Å². The molecule has 1 N–H and O–H groups in total. The smallest absolute Gasteiger partial charge is 0.243 e. The number of benzene rings is 2. The minimum absolute atomic E-state index is 0.0870. The van der Waals surface area contributed by atoms with Crippen molar-refractivity contribution in [1.82, 2.24) is 9.03 Å². The summed E-state index contributed by atoms with van der Waals surface area (Å²) in [5.41, 5.74) is 1.80. The maximum atomic E-state index is 12.5. The molecule has 0 saturated carbocycles. The second kappa shape index (κ2) is 9.25. The normalized spacial score (nSPS) is 15.5. The van der Waals surface area contributed by atoms with E-state index in [1.807, 2.05) is 19.1 Å². The molecule has 0 radical (unpaired) electrons. The van der Waals surface area contributed by atoms with Gasteiger partial charge in [0.25, 0.3) is 0 Å². The Bertz CT molecular complexity index is 1010. The van der Waals surface area contributed by atoms with E-state index in [1.54, 1.807) is 24.3 Å². The first-order chi connectivity index (χ1) is 13.8. The van der Waals surface area contributed by atoms with Crippen LogP contribution in [-0.2, 0) is 25.8 Å². The highest BCUT2D eigenvalue weighted by molar-refractivity contribution is 7.89. The van der Waals surface area contributed by atoms with Gasteiger partial charge in [-0.2, -0.15) is 4.31 Å². The first-order valence-corrected chi connectivity index (χ1v) is 12.6. The Morgan fingerprint density at radius 1 is 0.931 bits per heavy atom. The molecule has 0 unspecified atom stereocenters. The molecule has 0 spiro atoms. The Balaban J connectivity index is 1.47. The van der Waals surface area contributed by atoms with Crippen LogP contribution in [0.4, 0.5) is 0 Å². The number of sulfonamides is 2. The van der Waals surface area contributed by atoms with Crippen LogP contribution in [0.25, 0.3) is 0 Å². The monoisotopic (exact) mass is 438 g/mol. The molecule has 1 aliphatic rings.